The molecule has 1 aliphatic carbocycles. The summed E-state index contributed by atoms with van der Waals surface area (Å²) in [6, 6.07) is 40.8. The van der Waals surface area contributed by atoms with Crippen molar-refractivity contribution in [3.8, 4) is 22.6 Å². The van der Waals surface area contributed by atoms with Crippen LogP contribution in [0.2, 0.25) is 0 Å². The number of ether oxygens (including phenoxy) is 6. The summed E-state index contributed by atoms with van der Waals surface area (Å²) in [5.74, 6) is 0.403. The number of nitrogens with zero attached hydrogens (tertiary/aromatic N) is 1. The molecule has 0 unspecified atom stereocenters. The predicted molar refractivity (Wildman–Crippen MR) is 226 cm³/mol. The second-order valence-electron chi connectivity index (χ2n) is 14.9. The Morgan fingerprint density at radius 2 is 1.31 bits per heavy atom. The molecule has 0 spiro atoms. The number of methoxy groups -OCH3 is 2. The minimum atomic E-state index is -1.23. The van der Waals surface area contributed by atoms with Crippen molar-refractivity contribution in [3.05, 3.63) is 188 Å². The quantitative estimate of drug-likeness (QED) is 0.0906. The molecule has 1 saturated heterocycles. The molecule has 2 N–H and O–H groups in total. The molecular formula is C48H45N3O10. The summed E-state index contributed by atoms with van der Waals surface area (Å²) in [5, 5.41) is 2.53. The molecule has 0 saturated carbocycles. The average molecular weight is 824 g/mol. The van der Waals surface area contributed by atoms with E-state index in [1.807, 2.05) is 127 Å². The lowest BCUT2D eigenvalue weighted by Crippen LogP contribution is -2.40. The number of hydrogen-bond donors (Lipinski definition) is 2. The molecular weight excluding hydrogens is 779 g/mol. The number of amides is 1. The molecule has 1 amide bonds. The number of hydrogen-bond acceptors (Lipinski definition) is 10. The summed E-state index contributed by atoms with van der Waals surface area (Å²) in [4.78, 5) is 54.2. The van der Waals surface area contributed by atoms with E-state index in [0.717, 1.165) is 38.9 Å². The summed E-state index contributed by atoms with van der Waals surface area (Å²) < 4.78 is 37.4. The Bertz CT molecular complexity index is 2530. The van der Waals surface area contributed by atoms with Crippen LogP contribution in [0.5, 0.6) is 11.5 Å². The van der Waals surface area contributed by atoms with Crippen molar-refractivity contribution in [3.63, 3.8) is 0 Å². The molecule has 8 rings (SSSR count). The Morgan fingerprint density at radius 3 is 1.90 bits per heavy atom. The molecule has 2 aliphatic rings. The number of carbonyl (C=O) groups is 2. The summed E-state index contributed by atoms with van der Waals surface area (Å²) in [6.45, 7) is 1.03. The van der Waals surface area contributed by atoms with Crippen LogP contribution in [0, 0.1) is 6.92 Å². The molecule has 1 aromatic heterocycles. The second-order valence-corrected chi connectivity index (χ2v) is 14.9. The zero-order valence-corrected chi connectivity index (χ0v) is 33.9. The fraction of sp³-hybridized carbons (Fsp3) is 0.250. The lowest BCUT2D eigenvalue weighted by atomic mass is 9.80. The fourth-order valence-corrected chi connectivity index (χ4v) is 8.23. The van der Waals surface area contributed by atoms with Gasteiger partial charge in [-0.15, -0.1) is 0 Å². The van der Waals surface area contributed by atoms with Crippen LogP contribution in [0.15, 0.2) is 143 Å². The number of aryl methyl sites for hydroxylation is 1. The van der Waals surface area contributed by atoms with Crippen LogP contribution >= 0.6 is 0 Å². The standard InChI is InChI=1S/C48H45N3O10/c1-30-27-51(46(54)50-45(30)53)43-25-41(61-44(52)26-49-47(55)58-28-40-38-15-9-7-13-36(38)37-14-8-10-16-39(37)40)42(60-43)29-59-48(31-11-5-4-6-12-31,32-17-21-34(56-2)22-18-32)33-19-23-35(57-3)24-20-33/h4-24,27,40-43H,25-26,28-29H2,1-3H3,(H,49,55)(H,50,53,54)/t41-,42+,43+/m0/s1. The zero-order chi connectivity index (χ0) is 42.5. The first-order valence-electron chi connectivity index (χ1n) is 19.9. The van der Waals surface area contributed by atoms with E-state index in [1.54, 1.807) is 21.1 Å². The Morgan fingerprint density at radius 1 is 0.754 bits per heavy atom. The highest BCUT2D eigenvalue weighted by molar-refractivity contribution is 5.80. The molecule has 1 fully saturated rings. The van der Waals surface area contributed by atoms with E-state index in [4.69, 9.17) is 28.4 Å². The highest BCUT2D eigenvalue weighted by Crippen LogP contribution is 2.45. The van der Waals surface area contributed by atoms with Gasteiger partial charge in [0.15, 0.2) is 0 Å². The van der Waals surface area contributed by atoms with Gasteiger partial charge in [0.05, 0.1) is 20.8 Å². The van der Waals surface area contributed by atoms with E-state index >= 15 is 0 Å². The minimum absolute atomic E-state index is 0.0412. The maximum absolute atomic E-state index is 13.5. The van der Waals surface area contributed by atoms with Gasteiger partial charge in [-0.2, -0.15) is 0 Å². The number of alkyl carbamates (subject to hydrolysis) is 1. The maximum Gasteiger partial charge on any atom is 0.407 e. The number of fused-ring (bicyclic) bond motifs is 3. The molecule has 61 heavy (non-hydrogen) atoms. The molecule has 2 heterocycles. The van der Waals surface area contributed by atoms with Gasteiger partial charge >= 0.3 is 17.8 Å². The summed E-state index contributed by atoms with van der Waals surface area (Å²) in [6.07, 6.45) is -2.11. The smallest absolute Gasteiger partial charge is 0.407 e. The highest BCUT2D eigenvalue weighted by atomic mass is 16.6. The van der Waals surface area contributed by atoms with Gasteiger partial charge in [0, 0.05) is 24.1 Å². The van der Waals surface area contributed by atoms with Crippen LogP contribution < -0.4 is 26.0 Å². The molecule has 13 heteroatoms. The Balaban J connectivity index is 1.03. The maximum atomic E-state index is 13.5. The first-order chi connectivity index (χ1) is 29.7. The molecule has 0 bridgehead atoms. The molecule has 312 valence electrons. The lowest BCUT2D eigenvalue weighted by Gasteiger charge is -2.37. The van der Waals surface area contributed by atoms with Gasteiger partial charge in [0.25, 0.3) is 5.56 Å². The molecule has 6 aromatic rings. The monoisotopic (exact) mass is 823 g/mol. The third kappa shape index (κ3) is 8.30. The van der Waals surface area contributed by atoms with Crippen molar-refractivity contribution in [2.45, 2.75) is 43.3 Å². The topological polar surface area (TPSA) is 156 Å². The molecule has 13 nitrogen and oxygen atoms in total. The molecule has 0 radical (unpaired) electrons. The third-order valence-electron chi connectivity index (χ3n) is 11.3. The lowest BCUT2D eigenvalue weighted by molar-refractivity contribution is -0.154. The molecule has 5 aromatic carbocycles. The average Bonchev–Trinajstić information content (AvgIpc) is 3.85. The largest absolute Gasteiger partial charge is 0.497 e. The number of H-pyrrole nitrogens is 1. The van der Waals surface area contributed by atoms with Crippen molar-refractivity contribution in [2.24, 2.45) is 0 Å². The van der Waals surface area contributed by atoms with Crippen LogP contribution in [0.4, 0.5) is 4.79 Å². The first-order valence-corrected chi connectivity index (χ1v) is 19.9. The minimum Gasteiger partial charge on any atom is -0.497 e. The number of benzene rings is 5. The number of nitrogens with one attached hydrogen (secondary N) is 2. The van der Waals surface area contributed by atoms with Gasteiger partial charge in [-0.3, -0.25) is 19.1 Å². The second kappa shape index (κ2) is 17.7. The van der Waals surface area contributed by atoms with Gasteiger partial charge in [-0.1, -0.05) is 103 Å². The van der Waals surface area contributed by atoms with E-state index < -0.39 is 53.9 Å². The van der Waals surface area contributed by atoms with Crippen LogP contribution in [0.25, 0.3) is 11.1 Å². The van der Waals surface area contributed by atoms with E-state index in [1.165, 1.54) is 10.8 Å². The SMILES string of the molecule is COc1ccc(C(OC[C@H]2O[C@@H](n3cc(C)c(=O)[nH]c3=O)C[C@@H]2OC(=O)CNC(=O)OCC2c3ccccc3-c3ccccc32)(c2ccccc2)c2ccc(OC)cc2)cc1. The van der Waals surface area contributed by atoms with Gasteiger partial charge in [0.2, 0.25) is 0 Å². The predicted octanol–water partition coefficient (Wildman–Crippen LogP) is 6.61. The van der Waals surface area contributed by atoms with Crippen molar-refractivity contribution in [1.29, 1.82) is 0 Å². The van der Waals surface area contributed by atoms with Crippen LogP contribution in [0.3, 0.4) is 0 Å². The van der Waals surface area contributed by atoms with Crippen molar-refractivity contribution in [1.82, 2.24) is 14.9 Å². The van der Waals surface area contributed by atoms with Gasteiger partial charge in [-0.25, -0.2) is 9.59 Å². The van der Waals surface area contributed by atoms with Crippen LogP contribution in [-0.2, 0) is 29.3 Å². The summed E-state index contributed by atoms with van der Waals surface area (Å²) in [5.41, 5.74) is 4.53. The van der Waals surface area contributed by atoms with Crippen LogP contribution in [-0.4, -0.2) is 67.8 Å². The summed E-state index contributed by atoms with van der Waals surface area (Å²) in [7, 11) is 3.19. The third-order valence-corrected chi connectivity index (χ3v) is 11.3. The highest BCUT2D eigenvalue weighted by Gasteiger charge is 2.44. The van der Waals surface area contributed by atoms with E-state index in [2.05, 4.69) is 10.3 Å². The van der Waals surface area contributed by atoms with E-state index in [9.17, 15) is 19.2 Å². The van der Waals surface area contributed by atoms with E-state index in [-0.39, 0.29) is 25.6 Å². The number of carbonyl (C=O) groups excluding carboxylic acids is 2. The number of rotatable bonds is 14. The Labute approximate surface area is 351 Å². The van der Waals surface area contributed by atoms with Gasteiger partial charge in [-0.05, 0) is 70.1 Å². The number of esters is 1. The number of aromatic amines is 1. The Kier molecular flexibility index (Phi) is 11.9. The Hall–Kier alpha value is -6.96. The zero-order valence-electron chi connectivity index (χ0n) is 33.9. The fourth-order valence-electron chi connectivity index (χ4n) is 8.23. The number of aromatic nitrogens is 2. The van der Waals surface area contributed by atoms with Gasteiger partial charge in [0.1, 0.15) is 48.7 Å². The van der Waals surface area contributed by atoms with Crippen LogP contribution in [0.1, 0.15) is 51.9 Å². The molecule has 1 aliphatic heterocycles. The van der Waals surface area contributed by atoms with Crippen molar-refractivity contribution < 1.29 is 38.0 Å². The van der Waals surface area contributed by atoms with Crippen molar-refractivity contribution >= 4 is 12.1 Å². The summed E-state index contributed by atoms with van der Waals surface area (Å²) >= 11 is 0. The van der Waals surface area contributed by atoms with E-state index in [0.29, 0.717) is 17.1 Å². The van der Waals surface area contributed by atoms with Gasteiger partial charge < -0.3 is 33.7 Å². The first kappa shape index (κ1) is 40.8. The molecule has 3 atom stereocenters. The van der Waals surface area contributed by atoms with Crippen molar-refractivity contribution in [2.75, 3.05) is 34.0 Å². The normalized spacial score (nSPS) is 16.9.